The number of halogens is 2. The number of alkyl halides is 2. The van der Waals surface area contributed by atoms with Crippen molar-refractivity contribution >= 4 is 0 Å². The van der Waals surface area contributed by atoms with Crippen molar-refractivity contribution in [1.82, 2.24) is 0 Å². The second-order valence-electron chi connectivity index (χ2n) is 4.08. The maximum Gasteiger partial charge on any atom is 0.248 e. The van der Waals surface area contributed by atoms with Crippen molar-refractivity contribution in [2.24, 2.45) is 11.8 Å². The molecule has 0 spiro atoms. The highest BCUT2D eigenvalue weighted by Crippen LogP contribution is 2.39. The third-order valence-electron chi connectivity index (χ3n) is 3.21. The second-order valence-corrected chi connectivity index (χ2v) is 4.08. The lowest BCUT2D eigenvalue weighted by Crippen LogP contribution is -2.27. The number of rotatable bonds is 2. The molecule has 0 aliphatic heterocycles. The van der Waals surface area contributed by atoms with Gasteiger partial charge in [0.2, 0.25) is 5.92 Å². The summed E-state index contributed by atoms with van der Waals surface area (Å²) in [5.74, 6) is -1.18. The highest BCUT2D eigenvalue weighted by molar-refractivity contribution is 4.79. The van der Waals surface area contributed by atoms with E-state index in [1.165, 1.54) is 0 Å². The van der Waals surface area contributed by atoms with Crippen molar-refractivity contribution in [1.29, 1.82) is 0 Å². The molecular weight excluding hydrogens is 158 g/mol. The van der Waals surface area contributed by atoms with Crippen LogP contribution in [0.15, 0.2) is 0 Å². The zero-order chi connectivity index (χ0) is 9.19. The first-order valence-electron chi connectivity index (χ1n) is 4.93. The van der Waals surface area contributed by atoms with Crippen LogP contribution in [0, 0.1) is 11.8 Å². The van der Waals surface area contributed by atoms with Crippen molar-refractivity contribution in [2.45, 2.75) is 51.9 Å². The standard InChI is InChI=1S/C10H18F2/c1-3-8(2)9-4-6-10(11,12)7-5-9/h8-9H,3-7H2,1-2H3. The SMILES string of the molecule is CCC(C)C1CCC(F)(F)CC1. The van der Waals surface area contributed by atoms with Gasteiger partial charge in [0.05, 0.1) is 0 Å². The fraction of sp³-hybridized carbons (Fsp3) is 1.00. The molecule has 0 heterocycles. The topological polar surface area (TPSA) is 0 Å². The Morgan fingerprint density at radius 1 is 1.33 bits per heavy atom. The van der Waals surface area contributed by atoms with Gasteiger partial charge in [-0.05, 0) is 24.7 Å². The Bertz CT molecular complexity index is 133. The van der Waals surface area contributed by atoms with Gasteiger partial charge in [-0.1, -0.05) is 20.3 Å². The molecule has 1 rings (SSSR count). The fourth-order valence-electron chi connectivity index (χ4n) is 1.96. The van der Waals surface area contributed by atoms with E-state index in [2.05, 4.69) is 13.8 Å². The van der Waals surface area contributed by atoms with E-state index >= 15 is 0 Å². The predicted molar refractivity (Wildman–Crippen MR) is 46.4 cm³/mol. The third-order valence-corrected chi connectivity index (χ3v) is 3.21. The van der Waals surface area contributed by atoms with E-state index < -0.39 is 5.92 Å². The van der Waals surface area contributed by atoms with Crippen LogP contribution in [0.2, 0.25) is 0 Å². The van der Waals surface area contributed by atoms with Crippen LogP contribution in [0.3, 0.4) is 0 Å². The van der Waals surface area contributed by atoms with Crippen LogP contribution >= 0.6 is 0 Å². The Morgan fingerprint density at radius 2 is 1.83 bits per heavy atom. The summed E-state index contributed by atoms with van der Waals surface area (Å²) in [5, 5.41) is 0. The molecule has 0 N–H and O–H groups in total. The summed E-state index contributed by atoms with van der Waals surface area (Å²) in [6.45, 7) is 4.31. The molecule has 1 aliphatic carbocycles. The summed E-state index contributed by atoms with van der Waals surface area (Å²) < 4.78 is 25.5. The summed E-state index contributed by atoms with van der Waals surface area (Å²) in [5.41, 5.74) is 0. The molecular formula is C10H18F2. The van der Waals surface area contributed by atoms with Crippen LogP contribution in [-0.2, 0) is 0 Å². The summed E-state index contributed by atoms with van der Waals surface area (Å²) in [6, 6.07) is 0. The monoisotopic (exact) mass is 176 g/mol. The Balaban J connectivity index is 2.36. The molecule has 1 saturated carbocycles. The first-order chi connectivity index (χ1) is 5.55. The molecule has 2 heteroatoms. The quantitative estimate of drug-likeness (QED) is 0.599. The first kappa shape index (κ1) is 9.94. The molecule has 1 atom stereocenters. The van der Waals surface area contributed by atoms with Crippen LogP contribution in [0.25, 0.3) is 0 Å². The van der Waals surface area contributed by atoms with E-state index in [0.29, 0.717) is 11.8 Å². The van der Waals surface area contributed by atoms with Crippen LogP contribution in [0.4, 0.5) is 8.78 Å². The molecule has 12 heavy (non-hydrogen) atoms. The average Bonchev–Trinajstić information content (AvgIpc) is 2.03. The van der Waals surface area contributed by atoms with E-state index in [9.17, 15) is 8.78 Å². The zero-order valence-electron chi connectivity index (χ0n) is 7.95. The molecule has 0 radical (unpaired) electrons. The van der Waals surface area contributed by atoms with Crippen molar-refractivity contribution in [3.05, 3.63) is 0 Å². The van der Waals surface area contributed by atoms with E-state index in [4.69, 9.17) is 0 Å². The Labute approximate surface area is 73.3 Å². The van der Waals surface area contributed by atoms with Crippen molar-refractivity contribution in [3.63, 3.8) is 0 Å². The van der Waals surface area contributed by atoms with Crippen LogP contribution in [-0.4, -0.2) is 5.92 Å². The van der Waals surface area contributed by atoms with E-state index in [1.54, 1.807) is 0 Å². The number of hydrogen-bond acceptors (Lipinski definition) is 0. The van der Waals surface area contributed by atoms with E-state index in [0.717, 1.165) is 19.3 Å². The molecule has 0 aromatic rings. The molecule has 1 fully saturated rings. The molecule has 0 saturated heterocycles. The largest absolute Gasteiger partial charge is 0.248 e. The van der Waals surface area contributed by atoms with E-state index in [1.807, 2.05) is 0 Å². The smallest absolute Gasteiger partial charge is 0.207 e. The van der Waals surface area contributed by atoms with Crippen LogP contribution < -0.4 is 0 Å². The van der Waals surface area contributed by atoms with Gasteiger partial charge in [0.1, 0.15) is 0 Å². The molecule has 0 amide bonds. The molecule has 1 unspecified atom stereocenters. The minimum absolute atomic E-state index is 0.113. The molecule has 0 nitrogen and oxygen atoms in total. The highest BCUT2D eigenvalue weighted by Gasteiger charge is 2.35. The van der Waals surface area contributed by atoms with Gasteiger partial charge in [0.15, 0.2) is 0 Å². The summed E-state index contributed by atoms with van der Waals surface area (Å²) in [7, 11) is 0. The van der Waals surface area contributed by atoms with Crippen molar-refractivity contribution in [2.75, 3.05) is 0 Å². The van der Waals surface area contributed by atoms with Crippen molar-refractivity contribution < 1.29 is 8.78 Å². The zero-order valence-corrected chi connectivity index (χ0v) is 7.95. The lowest BCUT2D eigenvalue weighted by molar-refractivity contribution is -0.0515. The Kier molecular flexibility index (Phi) is 3.08. The molecule has 0 aromatic carbocycles. The summed E-state index contributed by atoms with van der Waals surface area (Å²) in [4.78, 5) is 0. The van der Waals surface area contributed by atoms with Gasteiger partial charge in [-0.15, -0.1) is 0 Å². The van der Waals surface area contributed by atoms with Gasteiger partial charge in [-0.3, -0.25) is 0 Å². The van der Waals surface area contributed by atoms with Gasteiger partial charge < -0.3 is 0 Å². The normalized spacial score (nSPS) is 27.0. The summed E-state index contributed by atoms with van der Waals surface area (Å²) in [6.07, 6.45) is 2.80. The van der Waals surface area contributed by atoms with Gasteiger partial charge in [0.25, 0.3) is 0 Å². The second kappa shape index (κ2) is 3.71. The lowest BCUT2D eigenvalue weighted by atomic mass is 9.78. The predicted octanol–water partition coefficient (Wildman–Crippen LogP) is 3.86. The van der Waals surface area contributed by atoms with Gasteiger partial charge in [-0.2, -0.15) is 0 Å². The molecule has 0 aromatic heterocycles. The maximum absolute atomic E-state index is 12.7. The fourth-order valence-corrected chi connectivity index (χ4v) is 1.96. The third kappa shape index (κ3) is 2.43. The minimum atomic E-state index is -2.36. The van der Waals surface area contributed by atoms with Gasteiger partial charge >= 0.3 is 0 Å². The summed E-state index contributed by atoms with van der Waals surface area (Å²) >= 11 is 0. The maximum atomic E-state index is 12.7. The van der Waals surface area contributed by atoms with Gasteiger partial charge in [-0.25, -0.2) is 8.78 Å². The molecule has 1 aliphatic rings. The van der Waals surface area contributed by atoms with Crippen LogP contribution in [0.5, 0.6) is 0 Å². The lowest BCUT2D eigenvalue weighted by Gasteiger charge is -2.31. The molecule has 0 bridgehead atoms. The van der Waals surface area contributed by atoms with Crippen molar-refractivity contribution in [3.8, 4) is 0 Å². The number of hydrogen-bond donors (Lipinski definition) is 0. The molecule has 72 valence electrons. The average molecular weight is 176 g/mol. The van der Waals surface area contributed by atoms with E-state index in [-0.39, 0.29) is 12.8 Å². The van der Waals surface area contributed by atoms with Gasteiger partial charge in [0, 0.05) is 12.8 Å². The highest BCUT2D eigenvalue weighted by atomic mass is 19.3. The van der Waals surface area contributed by atoms with Crippen LogP contribution in [0.1, 0.15) is 46.0 Å². The Hall–Kier alpha value is -0.140. The first-order valence-corrected chi connectivity index (χ1v) is 4.93. The Morgan fingerprint density at radius 3 is 2.25 bits per heavy atom. The minimum Gasteiger partial charge on any atom is -0.207 e.